The molecule has 1 N–H and O–H groups in total. The SMILES string of the molecule is Cn1cc([C@@H]2C[C@H]2C(=O)Nc2sc3c(c2C#N)CC[C@H](C(C)(C)C)C3)cn1. The highest BCUT2D eigenvalue weighted by atomic mass is 32.1. The van der Waals surface area contributed by atoms with Crippen LogP contribution in [0.1, 0.15) is 61.1 Å². The van der Waals surface area contributed by atoms with Crippen molar-refractivity contribution in [1.29, 1.82) is 5.26 Å². The van der Waals surface area contributed by atoms with E-state index in [0.29, 0.717) is 11.5 Å². The van der Waals surface area contributed by atoms with Gasteiger partial charge in [-0.05, 0) is 54.1 Å². The number of carbonyl (C=O) groups excluding carboxylic acids is 1. The highest BCUT2D eigenvalue weighted by Gasteiger charge is 2.45. The van der Waals surface area contributed by atoms with Crippen molar-refractivity contribution in [2.75, 3.05) is 5.32 Å². The molecule has 2 aromatic heterocycles. The number of nitriles is 1. The van der Waals surface area contributed by atoms with Crippen LogP contribution in [-0.4, -0.2) is 15.7 Å². The van der Waals surface area contributed by atoms with E-state index in [-0.39, 0.29) is 23.2 Å². The maximum Gasteiger partial charge on any atom is 0.228 e. The number of hydrogen-bond donors (Lipinski definition) is 1. The lowest BCUT2D eigenvalue weighted by molar-refractivity contribution is -0.117. The molecule has 0 radical (unpaired) electrons. The Morgan fingerprint density at radius 1 is 1.44 bits per heavy atom. The molecule has 3 atom stereocenters. The molecule has 0 unspecified atom stereocenters. The molecule has 2 aromatic rings. The molecule has 6 heteroatoms. The Kier molecular flexibility index (Phi) is 4.38. The summed E-state index contributed by atoms with van der Waals surface area (Å²) in [7, 11) is 1.89. The van der Waals surface area contributed by atoms with E-state index in [1.165, 1.54) is 4.88 Å². The third kappa shape index (κ3) is 3.41. The molecule has 1 fully saturated rings. The van der Waals surface area contributed by atoms with Crippen molar-refractivity contribution in [2.45, 2.75) is 52.4 Å². The lowest BCUT2D eigenvalue weighted by Crippen LogP contribution is -2.26. The second-order valence-corrected chi connectivity index (χ2v) is 10.1. The number of hydrogen-bond acceptors (Lipinski definition) is 4. The third-order valence-corrected chi connectivity index (χ3v) is 7.29. The number of nitrogens with one attached hydrogen (secondary N) is 1. The molecular formula is C21H26N4OS. The number of nitrogens with zero attached hydrogens (tertiary/aromatic N) is 3. The Labute approximate surface area is 164 Å². The molecular weight excluding hydrogens is 356 g/mol. The average molecular weight is 383 g/mol. The Bertz CT molecular complexity index is 927. The van der Waals surface area contributed by atoms with Crippen molar-refractivity contribution >= 4 is 22.2 Å². The summed E-state index contributed by atoms with van der Waals surface area (Å²) >= 11 is 1.61. The molecule has 1 amide bonds. The van der Waals surface area contributed by atoms with Gasteiger partial charge in [0.15, 0.2) is 0 Å². The molecule has 2 aliphatic carbocycles. The van der Waals surface area contributed by atoms with Gasteiger partial charge in [-0.2, -0.15) is 10.4 Å². The second-order valence-electron chi connectivity index (χ2n) is 9.01. The monoisotopic (exact) mass is 382 g/mol. The van der Waals surface area contributed by atoms with Crippen LogP contribution in [0.4, 0.5) is 5.00 Å². The van der Waals surface area contributed by atoms with E-state index in [1.54, 1.807) is 16.0 Å². The maximum atomic E-state index is 12.7. The van der Waals surface area contributed by atoms with E-state index in [0.717, 1.165) is 41.8 Å². The van der Waals surface area contributed by atoms with Gasteiger partial charge in [0.1, 0.15) is 11.1 Å². The summed E-state index contributed by atoms with van der Waals surface area (Å²) < 4.78 is 1.77. The van der Waals surface area contributed by atoms with Crippen LogP contribution in [0.2, 0.25) is 0 Å². The predicted octanol–water partition coefficient (Wildman–Crippen LogP) is 4.25. The molecule has 1 saturated carbocycles. The molecule has 4 rings (SSSR count). The maximum absolute atomic E-state index is 12.7. The molecule has 0 saturated heterocycles. The molecule has 0 bridgehead atoms. The topological polar surface area (TPSA) is 70.7 Å². The highest BCUT2D eigenvalue weighted by molar-refractivity contribution is 7.16. The van der Waals surface area contributed by atoms with Crippen LogP contribution in [0.5, 0.6) is 0 Å². The minimum absolute atomic E-state index is 0.0119. The number of fused-ring (bicyclic) bond motifs is 1. The van der Waals surface area contributed by atoms with Crippen molar-refractivity contribution in [3.8, 4) is 6.07 Å². The second kappa shape index (κ2) is 6.49. The zero-order valence-corrected chi connectivity index (χ0v) is 17.2. The average Bonchev–Trinajstić information content (AvgIpc) is 3.17. The van der Waals surface area contributed by atoms with Gasteiger partial charge in [0.2, 0.25) is 5.91 Å². The lowest BCUT2D eigenvalue weighted by atomic mass is 9.72. The van der Waals surface area contributed by atoms with E-state index >= 15 is 0 Å². The summed E-state index contributed by atoms with van der Waals surface area (Å²) in [4.78, 5) is 14.0. The van der Waals surface area contributed by atoms with E-state index in [9.17, 15) is 10.1 Å². The van der Waals surface area contributed by atoms with Crippen molar-refractivity contribution in [1.82, 2.24) is 9.78 Å². The fourth-order valence-electron chi connectivity index (χ4n) is 4.22. The first-order chi connectivity index (χ1) is 12.8. The van der Waals surface area contributed by atoms with Crippen molar-refractivity contribution in [2.24, 2.45) is 24.3 Å². The first kappa shape index (κ1) is 18.2. The highest BCUT2D eigenvalue weighted by Crippen LogP contribution is 2.49. The number of aryl methyl sites for hydroxylation is 1. The molecule has 0 aliphatic heterocycles. The van der Waals surface area contributed by atoms with Crippen LogP contribution in [-0.2, 0) is 24.7 Å². The molecule has 2 heterocycles. The summed E-state index contributed by atoms with van der Waals surface area (Å²) in [6.45, 7) is 6.86. The van der Waals surface area contributed by atoms with Crippen molar-refractivity contribution in [3.05, 3.63) is 34.0 Å². The standard InChI is InChI=1S/C21H26N4OS/c1-21(2,3)13-5-6-14-17(9-22)20(27-18(14)7-13)24-19(26)16-8-15(16)12-10-23-25(4)11-12/h10-11,13,15-16H,5-8H2,1-4H3,(H,24,26)/t13-,15-,16+/m0/s1. The molecule has 5 nitrogen and oxygen atoms in total. The number of carbonyl (C=O) groups is 1. The third-order valence-electron chi connectivity index (χ3n) is 6.12. The Morgan fingerprint density at radius 3 is 2.85 bits per heavy atom. The smallest absolute Gasteiger partial charge is 0.228 e. The summed E-state index contributed by atoms with van der Waals surface area (Å²) in [5.74, 6) is 0.898. The van der Waals surface area contributed by atoms with E-state index in [2.05, 4.69) is 37.3 Å². The van der Waals surface area contributed by atoms with Crippen LogP contribution in [0.3, 0.4) is 0 Å². The summed E-state index contributed by atoms with van der Waals surface area (Å²) in [6.07, 6.45) is 7.74. The van der Waals surface area contributed by atoms with Crippen LogP contribution in [0, 0.1) is 28.6 Å². The Hall–Kier alpha value is -2.13. The minimum atomic E-state index is -0.0119. The molecule has 142 valence electrons. The minimum Gasteiger partial charge on any atom is -0.316 e. The first-order valence-electron chi connectivity index (χ1n) is 9.62. The van der Waals surface area contributed by atoms with Gasteiger partial charge in [-0.25, -0.2) is 0 Å². The van der Waals surface area contributed by atoms with Gasteiger partial charge >= 0.3 is 0 Å². The predicted molar refractivity (Wildman–Crippen MR) is 107 cm³/mol. The normalized spacial score (nSPS) is 24.2. The number of rotatable bonds is 3. The summed E-state index contributed by atoms with van der Waals surface area (Å²) in [6, 6.07) is 2.35. The summed E-state index contributed by atoms with van der Waals surface area (Å²) in [5, 5.41) is 17.7. The molecule has 2 aliphatic rings. The lowest BCUT2D eigenvalue weighted by Gasteiger charge is -2.33. The number of aromatic nitrogens is 2. The van der Waals surface area contributed by atoms with Crippen molar-refractivity contribution < 1.29 is 4.79 Å². The Balaban J connectivity index is 1.50. The quantitative estimate of drug-likeness (QED) is 0.863. The van der Waals surface area contributed by atoms with Gasteiger partial charge in [-0.1, -0.05) is 20.8 Å². The molecule has 0 aromatic carbocycles. The zero-order valence-electron chi connectivity index (χ0n) is 16.4. The van der Waals surface area contributed by atoms with Crippen LogP contribution >= 0.6 is 11.3 Å². The van der Waals surface area contributed by atoms with Gasteiger partial charge in [0.25, 0.3) is 0 Å². The number of amides is 1. The van der Waals surface area contributed by atoms with Gasteiger partial charge in [0.05, 0.1) is 11.8 Å². The van der Waals surface area contributed by atoms with E-state index in [1.807, 2.05) is 19.4 Å². The zero-order chi connectivity index (χ0) is 19.3. The van der Waals surface area contributed by atoms with Gasteiger partial charge < -0.3 is 5.32 Å². The van der Waals surface area contributed by atoms with Gasteiger partial charge in [-0.3, -0.25) is 9.48 Å². The van der Waals surface area contributed by atoms with Crippen molar-refractivity contribution in [3.63, 3.8) is 0 Å². The fraction of sp³-hybridized carbons (Fsp3) is 0.571. The first-order valence-corrected chi connectivity index (χ1v) is 10.4. The fourth-order valence-corrected chi connectivity index (χ4v) is 5.50. The largest absolute Gasteiger partial charge is 0.316 e. The van der Waals surface area contributed by atoms with Crippen LogP contribution in [0.15, 0.2) is 12.4 Å². The van der Waals surface area contributed by atoms with Crippen LogP contribution in [0.25, 0.3) is 0 Å². The number of thiophene rings is 1. The van der Waals surface area contributed by atoms with Crippen LogP contribution < -0.4 is 5.32 Å². The Morgan fingerprint density at radius 2 is 2.22 bits per heavy atom. The molecule has 27 heavy (non-hydrogen) atoms. The van der Waals surface area contributed by atoms with Gasteiger partial charge in [0, 0.05) is 24.0 Å². The van der Waals surface area contributed by atoms with Gasteiger partial charge in [-0.15, -0.1) is 11.3 Å². The van der Waals surface area contributed by atoms with E-state index < -0.39 is 0 Å². The molecule has 0 spiro atoms. The number of anilines is 1. The van der Waals surface area contributed by atoms with E-state index in [4.69, 9.17) is 0 Å². The summed E-state index contributed by atoms with van der Waals surface area (Å²) in [5.41, 5.74) is 3.24.